The first kappa shape index (κ1) is 25.8. The van der Waals surface area contributed by atoms with Crippen molar-refractivity contribution in [3.05, 3.63) is 76.5 Å². The normalized spacial score (nSPS) is 15.6. The summed E-state index contributed by atoms with van der Waals surface area (Å²) in [5, 5.41) is 9.83. The van der Waals surface area contributed by atoms with Gasteiger partial charge in [-0.3, -0.25) is 10.2 Å². The molecule has 0 aliphatic carbocycles. The molecule has 2 aliphatic rings. The minimum atomic E-state index is -0.550. The van der Waals surface area contributed by atoms with Crippen LogP contribution in [0.1, 0.15) is 18.1 Å². The number of methoxy groups -OCH3 is 2. The number of amidine groups is 2. The first-order chi connectivity index (χ1) is 17.8. The number of nitrogens with zero attached hydrogens (tertiary/aromatic N) is 2. The molecule has 2 aliphatic heterocycles. The van der Waals surface area contributed by atoms with Crippen LogP contribution < -0.4 is 18.9 Å². The quantitative estimate of drug-likeness (QED) is 0.266. The van der Waals surface area contributed by atoms with Gasteiger partial charge in [-0.15, -0.1) is 11.6 Å². The van der Waals surface area contributed by atoms with E-state index in [-0.39, 0.29) is 35.5 Å². The maximum atomic E-state index is 12.5. The minimum Gasteiger partial charge on any atom is -0.493 e. The molecule has 2 aromatic rings. The van der Waals surface area contributed by atoms with E-state index >= 15 is 0 Å². The number of amides is 1. The molecule has 1 amide bonds. The largest absolute Gasteiger partial charge is 0.493 e. The van der Waals surface area contributed by atoms with Gasteiger partial charge in [-0.25, -0.2) is 0 Å². The van der Waals surface area contributed by atoms with Crippen LogP contribution in [0.5, 0.6) is 23.0 Å². The summed E-state index contributed by atoms with van der Waals surface area (Å²) in [6.45, 7) is 5.89. The maximum absolute atomic E-state index is 12.5. The Morgan fingerprint density at radius 1 is 1.11 bits per heavy atom. The third kappa shape index (κ3) is 5.62. The topological polar surface area (TPSA) is 103 Å². The van der Waals surface area contributed by atoms with Gasteiger partial charge in [0.05, 0.1) is 24.8 Å². The van der Waals surface area contributed by atoms with Crippen LogP contribution in [-0.2, 0) is 16.1 Å². The monoisotopic (exact) mass is 523 g/mol. The van der Waals surface area contributed by atoms with Crippen molar-refractivity contribution in [1.82, 2.24) is 5.06 Å². The number of hydrogen-bond donors (Lipinski definition) is 1. The fourth-order valence-corrected chi connectivity index (χ4v) is 4.02. The van der Waals surface area contributed by atoms with E-state index in [0.29, 0.717) is 34.3 Å². The highest BCUT2D eigenvalue weighted by Crippen LogP contribution is 2.37. The van der Waals surface area contributed by atoms with Gasteiger partial charge in [-0.1, -0.05) is 23.7 Å². The molecule has 0 unspecified atom stereocenters. The summed E-state index contributed by atoms with van der Waals surface area (Å²) in [7, 11) is 3.07. The first-order valence-electron chi connectivity index (χ1n) is 11.4. The van der Waals surface area contributed by atoms with Crippen molar-refractivity contribution in [2.45, 2.75) is 13.3 Å². The fourth-order valence-electron chi connectivity index (χ4n) is 3.75. The molecule has 0 radical (unpaired) electrons. The van der Waals surface area contributed by atoms with Gasteiger partial charge in [0.1, 0.15) is 19.0 Å². The zero-order valence-electron chi connectivity index (χ0n) is 20.7. The lowest BCUT2D eigenvalue weighted by Crippen LogP contribution is -2.38. The predicted octanol–water partition coefficient (Wildman–Crippen LogP) is 4.99. The number of allylic oxidation sites excluding steroid dienone is 2. The summed E-state index contributed by atoms with van der Waals surface area (Å²) in [5.74, 6) is 2.05. The van der Waals surface area contributed by atoms with Crippen LogP contribution in [0, 0.1) is 5.41 Å². The van der Waals surface area contributed by atoms with Crippen LogP contribution in [0.3, 0.4) is 0 Å². The zero-order valence-corrected chi connectivity index (χ0v) is 21.4. The van der Waals surface area contributed by atoms with Crippen molar-refractivity contribution in [2.24, 2.45) is 4.99 Å². The molecule has 10 heteroatoms. The Bertz CT molecular complexity index is 1350. The van der Waals surface area contributed by atoms with Gasteiger partial charge in [0.2, 0.25) is 0 Å². The Morgan fingerprint density at radius 2 is 1.86 bits per heavy atom. The fraction of sp³-hybridized carbons (Fsp3) is 0.222. The lowest BCUT2D eigenvalue weighted by Gasteiger charge is -2.23. The van der Waals surface area contributed by atoms with Gasteiger partial charge < -0.3 is 23.8 Å². The standard InChI is InChI=1S/C27H26ClN3O6/c1-5-6-17-7-8-21(22(14-17)33-3)35-9-10-36-25-20(28)13-18(15-23(25)34-4)12-19-26(29)31-24(30-27(19)32)11-16(2)37-31/h5,7-8,11-15,29H,1,6,9-10H2,2-4H3/b19-12-,29-26?. The Kier molecular flexibility index (Phi) is 7.83. The SMILES string of the molecule is C=CCc1ccc(OCCOc2c(Cl)cc(/C=C3/C(=N)N4OC(C)=CC4=NC3=O)cc2OC)c(OC)c1. The van der Waals surface area contributed by atoms with Crippen LogP contribution in [-0.4, -0.2) is 50.1 Å². The van der Waals surface area contributed by atoms with Gasteiger partial charge >= 0.3 is 0 Å². The second-order valence-electron chi connectivity index (χ2n) is 8.03. The number of fused-ring (bicyclic) bond motifs is 1. The minimum absolute atomic E-state index is 0.0556. The van der Waals surface area contributed by atoms with Crippen molar-refractivity contribution in [2.75, 3.05) is 27.4 Å². The molecule has 0 aromatic heterocycles. The molecule has 4 rings (SSSR count). The Hall–Kier alpha value is -4.24. The number of carbonyl (C=O) groups excluding carboxylic acids is 1. The van der Waals surface area contributed by atoms with Crippen LogP contribution in [0.15, 0.2) is 65.4 Å². The number of nitrogens with one attached hydrogen (secondary N) is 1. The van der Waals surface area contributed by atoms with Gasteiger partial charge in [0.25, 0.3) is 5.91 Å². The average molecular weight is 524 g/mol. The zero-order chi connectivity index (χ0) is 26.5. The molecule has 37 heavy (non-hydrogen) atoms. The summed E-state index contributed by atoms with van der Waals surface area (Å²) in [5.41, 5.74) is 1.66. The van der Waals surface area contributed by atoms with Crippen molar-refractivity contribution in [1.29, 1.82) is 5.41 Å². The number of hydrogen-bond acceptors (Lipinski definition) is 7. The smallest absolute Gasteiger partial charge is 0.282 e. The van der Waals surface area contributed by atoms with E-state index in [1.165, 1.54) is 18.2 Å². The molecule has 192 valence electrons. The highest BCUT2D eigenvalue weighted by Gasteiger charge is 2.34. The summed E-state index contributed by atoms with van der Waals surface area (Å²) in [6.07, 6.45) is 5.65. The van der Waals surface area contributed by atoms with E-state index in [0.717, 1.165) is 12.0 Å². The Labute approximate surface area is 219 Å². The summed E-state index contributed by atoms with van der Waals surface area (Å²) in [6, 6.07) is 8.97. The van der Waals surface area contributed by atoms with E-state index < -0.39 is 5.91 Å². The highest BCUT2D eigenvalue weighted by atomic mass is 35.5. The van der Waals surface area contributed by atoms with Crippen molar-refractivity contribution >= 4 is 35.3 Å². The van der Waals surface area contributed by atoms with Gasteiger partial charge in [-0.05, 0) is 54.8 Å². The van der Waals surface area contributed by atoms with E-state index in [9.17, 15) is 4.79 Å². The number of halogens is 1. The van der Waals surface area contributed by atoms with Gasteiger partial charge in [-0.2, -0.15) is 4.99 Å². The van der Waals surface area contributed by atoms with Crippen molar-refractivity contribution < 1.29 is 28.6 Å². The van der Waals surface area contributed by atoms with E-state index in [1.807, 2.05) is 24.3 Å². The average Bonchev–Trinajstić information content (AvgIpc) is 3.25. The molecule has 9 nitrogen and oxygen atoms in total. The predicted molar refractivity (Wildman–Crippen MR) is 141 cm³/mol. The van der Waals surface area contributed by atoms with E-state index in [4.69, 9.17) is 40.8 Å². The summed E-state index contributed by atoms with van der Waals surface area (Å²) in [4.78, 5) is 22.0. The lowest BCUT2D eigenvalue weighted by atomic mass is 10.1. The lowest BCUT2D eigenvalue weighted by molar-refractivity contribution is -0.114. The number of hydroxylamine groups is 2. The molecule has 0 fully saturated rings. The second kappa shape index (κ2) is 11.2. The van der Waals surface area contributed by atoms with Crippen LogP contribution >= 0.6 is 11.6 Å². The van der Waals surface area contributed by atoms with Crippen LogP contribution in [0.25, 0.3) is 6.08 Å². The second-order valence-corrected chi connectivity index (χ2v) is 8.44. The summed E-state index contributed by atoms with van der Waals surface area (Å²) < 4.78 is 22.6. The van der Waals surface area contributed by atoms with Crippen LogP contribution in [0.4, 0.5) is 0 Å². The number of rotatable bonds is 10. The molecule has 0 bridgehead atoms. The van der Waals surface area contributed by atoms with Gasteiger partial charge in [0, 0.05) is 6.08 Å². The molecular weight excluding hydrogens is 498 g/mol. The number of aliphatic imine (C=N–C) groups is 1. The Balaban J connectivity index is 1.45. The molecule has 0 atom stereocenters. The molecule has 2 aromatic carbocycles. The molecule has 0 saturated carbocycles. The van der Waals surface area contributed by atoms with Crippen LogP contribution in [0.2, 0.25) is 5.02 Å². The first-order valence-corrected chi connectivity index (χ1v) is 11.7. The number of carbonyl (C=O) groups is 1. The van der Waals surface area contributed by atoms with E-state index in [1.54, 1.807) is 32.2 Å². The maximum Gasteiger partial charge on any atom is 0.282 e. The summed E-state index contributed by atoms with van der Waals surface area (Å²) >= 11 is 6.49. The third-order valence-corrected chi connectivity index (χ3v) is 5.72. The van der Waals surface area contributed by atoms with Crippen molar-refractivity contribution in [3.8, 4) is 23.0 Å². The molecule has 1 N–H and O–H groups in total. The molecule has 0 saturated heterocycles. The number of ether oxygens (including phenoxy) is 4. The molecule has 0 spiro atoms. The van der Waals surface area contributed by atoms with Crippen molar-refractivity contribution in [3.63, 3.8) is 0 Å². The number of benzene rings is 2. The van der Waals surface area contributed by atoms with Gasteiger partial charge in [0.15, 0.2) is 34.7 Å². The highest BCUT2D eigenvalue weighted by molar-refractivity contribution is 6.33. The van der Waals surface area contributed by atoms with E-state index in [2.05, 4.69) is 11.6 Å². The Morgan fingerprint density at radius 3 is 2.59 bits per heavy atom. The molecular formula is C27H26ClN3O6. The third-order valence-electron chi connectivity index (χ3n) is 5.44. The molecule has 2 heterocycles.